The van der Waals surface area contributed by atoms with E-state index >= 15 is 0 Å². The average Bonchev–Trinajstić information content (AvgIpc) is 2.86. The van der Waals surface area contributed by atoms with E-state index in [0.717, 1.165) is 5.75 Å². The Hall–Kier alpha value is -2.20. The molecular weight excluding hydrogens is 298 g/mol. The van der Waals surface area contributed by atoms with Crippen molar-refractivity contribution in [2.45, 2.75) is 37.9 Å². The van der Waals surface area contributed by atoms with E-state index in [-0.39, 0.29) is 6.61 Å². The monoisotopic (exact) mass is 317 g/mol. The van der Waals surface area contributed by atoms with Gasteiger partial charge in [-0.05, 0) is 23.6 Å². The highest BCUT2D eigenvalue weighted by molar-refractivity contribution is 7.99. The maximum absolute atomic E-state index is 8.53. The van der Waals surface area contributed by atoms with Crippen molar-refractivity contribution in [3.63, 3.8) is 0 Å². The molecule has 0 aliphatic carbocycles. The van der Waals surface area contributed by atoms with E-state index in [1.165, 1.54) is 22.0 Å². The van der Waals surface area contributed by atoms with Crippen molar-refractivity contribution in [1.82, 2.24) is 14.9 Å². The lowest BCUT2D eigenvalue weighted by atomic mass is 10.0. The second-order valence-corrected chi connectivity index (χ2v) is 6.10. The predicted octanol–water partition coefficient (Wildman–Crippen LogP) is 2.70. The summed E-state index contributed by atoms with van der Waals surface area (Å²) < 4.78 is 7.09. The van der Waals surface area contributed by atoms with Crippen LogP contribution in [0.4, 0.5) is 0 Å². The zero-order valence-electron chi connectivity index (χ0n) is 12.7. The van der Waals surface area contributed by atoms with Crippen molar-refractivity contribution in [1.29, 1.82) is 5.26 Å². The van der Waals surface area contributed by atoms with Crippen LogP contribution in [0.1, 0.15) is 37.6 Å². The topological polar surface area (TPSA) is 89.8 Å². The summed E-state index contributed by atoms with van der Waals surface area (Å²) in [6, 6.07) is 10.1. The van der Waals surface area contributed by atoms with Crippen LogP contribution in [-0.4, -0.2) is 20.6 Å². The van der Waals surface area contributed by atoms with Gasteiger partial charge in [-0.3, -0.25) is 0 Å². The number of benzene rings is 1. The first-order valence-corrected chi connectivity index (χ1v) is 8.02. The maximum Gasteiger partial charge on any atom is 0.209 e. The Morgan fingerprint density at radius 2 is 2.05 bits per heavy atom. The van der Waals surface area contributed by atoms with E-state index in [1.54, 1.807) is 0 Å². The Bertz CT molecular complexity index is 645. The number of aromatic nitrogens is 3. The highest BCUT2D eigenvalue weighted by Crippen LogP contribution is 2.20. The van der Waals surface area contributed by atoms with Gasteiger partial charge in [0.15, 0.2) is 5.82 Å². The summed E-state index contributed by atoms with van der Waals surface area (Å²) >= 11 is 1.41. The van der Waals surface area contributed by atoms with Gasteiger partial charge in [0.05, 0.1) is 6.07 Å². The van der Waals surface area contributed by atoms with E-state index in [9.17, 15) is 0 Å². The minimum atomic E-state index is 0.253. The van der Waals surface area contributed by atoms with E-state index in [2.05, 4.69) is 42.2 Å². The van der Waals surface area contributed by atoms with Gasteiger partial charge in [-0.2, -0.15) is 5.26 Å². The fourth-order valence-electron chi connectivity index (χ4n) is 1.79. The second kappa shape index (κ2) is 7.71. The minimum absolute atomic E-state index is 0.253. The van der Waals surface area contributed by atoms with Gasteiger partial charge < -0.3 is 10.6 Å². The molecule has 2 aromatic rings. The van der Waals surface area contributed by atoms with Crippen molar-refractivity contribution in [3.8, 4) is 11.8 Å². The van der Waals surface area contributed by atoms with Gasteiger partial charge in [-0.1, -0.05) is 37.7 Å². The third-order valence-corrected chi connectivity index (χ3v) is 4.04. The van der Waals surface area contributed by atoms with Gasteiger partial charge in [0.25, 0.3) is 0 Å². The third-order valence-electron chi connectivity index (χ3n) is 3.09. The largest absolute Gasteiger partial charge is 0.486 e. The van der Waals surface area contributed by atoms with Crippen molar-refractivity contribution >= 4 is 11.8 Å². The van der Waals surface area contributed by atoms with E-state index in [0.29, 0.717) is 29.1 Å². The van der Waals surface area contributed by atoms with Crippen molar-refractivity contribution in [3.05, 3.63) is 35.7 Å². The highest BCUT2D eigenvalue weighted by Gasteiger charge is 2.10. The molecule has 0 spiro atoms. The first kappa shape index (κ1) is 16.2. The lowest BCUT2D eigenvalue weighted by Crippen LogP contribution is -2.15. The third kappa shape index (κ3) is 4.15. The molecule has 0 saturated heterocycles. The summed E-state index contributed by atoms with van der Waals surface area (Å²) in [5.41, 5.74) is 1.27. The Balaban J connectivity index is 1.93. The van der Waals surface area contributed by atoms with Crippen LogP contribution in [0.15, 0.2) is 29.4 Å². The van der Waals surface area contributed by atoms with Crippen LogP contribution in [0.25, 0.3) is 0 Å². The van der Waals surface area contributed by atoms with Gasteiger partial charge in [-0.25, -0.2) is 4.68 Å². The zero-order chi connectivity index (χ0) is 15.9. The van der Waals surface area contributed by atoms with Gasteiger partial charge in [0.1, 0.15) is 12.4 Å². The van der Waals surface area contributed by atoms with Crippen LogP contribution < -0.4 is 10.6 Å². The number of hydrogen-bond acceptors (Lipinski definition) is 6. The number of hydrogen-bond donors (Lipinski definition) is 1. The van der Waals surface area contributed by atoms with Crippen molar-refractivity contribution in [2.24, 2.45) is 0 Å². The molecule has 2 rings (SSSR count). The quantitative estimate of drug-likeness (QED) is 0.480. The van der Waals surface area contributed by atoms with Crippen molar-refractivity contribution in [2.75, 3.05) is 11.6 Å². The Morgan fingerprint density at radius 1 is 1.32 bits per heavy atom. The van der Waals surface area contributed by atoms with E-state index < -0.39 is 0 Å². The molecule has 1 heterocycles. The number of nitrogens with zero attached hydrogens (tertiary/aromatic N) is 4. The number of thioether (sulfide) groups is 1. The average molecular weight is 317 g/mol. The molecule has 0 atom stereocenters. The summed E-state index contributed by atoms with van der Waals surface area (Å²) in [4.78, 5) is 0. The summed E-state index contributed by atoms with van der Waals surface area (Å²) in [7, 11) is 0. The first-order chi connectivity index (χ1) is 10.6. The molecule has 2 N–H and O–H groups in total. The molecule has 0 unspecified atom stereocenters. The van der Waals surface area contributed by atoms with Crippen LogP contribution >= 0.6 is 11.8 Å². The molecule has 0 saturated carbocycles. The van der Waals surface area contributed by atoms with Gasteiger partial charge in [0.2, 0.25) is 5.16 Å². The van der Waals surface area contributed by atoms with Crippen LogP contribution in [0.3, 0.4) is 0 Å². The number of ether oxygens (including phenoxy) is 1. The van der Waals surface area contributed by atoms with Gasteiger partial charge in [0, 0.05) is 12.2 Å². The molecule has 0 fully saturated rings. The Labute approximate surface area is 134 Å². The first-order valence-electron chi connectivity index (χ1n) is 7.03. The number of nitrogens with two attached hydrogens (primary N) is 1. The number of nitrogen functional groups attached to an aromatic ring is 1. The molecule has 1 aromatic heterocycles. The lowest BCUT2D eigenvalue weighted by Gasteiger charge is -2.08. The Kier molecular flexibility index (Phi) is 5.67. The highest BCUT2D eigenvalue weighted by atomic mass is 32.2. The van der Waals surface area contributed by atoms with Crippen molar-refractivity contribution < 1.29 is 4.74 Å². The standard InChI is InChI=1S/C15H19N5OS/c1-11(2)12-4-6-13(7-5-12)21-10-14-18-19-15(20(14)17)22-9-3-8-16/h4-7,11H,3,9-10,17H2,1-2H3. The molecule has 0 radical (unpaired) electrons. The fourth-order valence-corrected chi connectivity index (χ4v) is 2.51. The molecule has 0 amide bonds. The van der Waals surface area contributed by atoms with Gasteiger partial charge in [-0.15, -0.1) is 10.2 Å². The number of nitriles is 1. The molecule has 0 aliphatic rings. The smallest absolute Gasteiger partial charge is 0.209 e. The molecular formula is C15H19N5OS. The number of rotatable bonds is 7. The maximum atomic E-state index is 8.53. The molecule has 1 aromatic carbocycles. The lowest BCUT2D eigenvalue weighted by molar-refractivity contribution is 0.291. The van der Waals surface area contributed by atoms with Crippen LogP contribution in [0.2, 0.25) is 0 Å². The molecule has 7 heteroatoms. The molecule has 0 aliphatic heterocycles. The summed E-state index contributed by atoms with van der Waals surface area (Å²) in [5.74, 6) is 8.38. The molecule has 6 nitrogen and oxygen atoms in total. The van der Waals surface area contributed by atoms with Crippen LogP contribution in [0.5, 0.6) is 5.75 Å². The van der Waals surface area contributed by atoms with Crippen LogP contribution in [0, 0.1) is 11.3 Å². The molecule has 22 heavy (non-hydrogen) atoms. The summed E-state index contributed by atoms with van der Waals surface area (Å²) in [6.07, 6.45) is 0.450. The van der Waals surface area contributed by atoms with Gasteiger partial charge >= 0.3 is 0 Å². The van der Waals surface area contributed by atoms with E-state index in [1.807, 2.05) is 12.1 Å². The molecule has 0 bridgehead atoms. The predicted molar refractivity (Wildman–Crippen MR) is 86.0 cm³/mol. The Morgan fingerprint density at radius 3 is 2.68 bits per heavy atom. The SMILES string of the molecule is CC(C)c1ccc(OCc2nnc(SCCC#N)n2N)cc1. The van der Waals surface area contributed by atoms with Crippen LogP contribution in [-0.2, 0) is 6.61 Å². The second-order valence-electron chi connectivity index (χ2n) is 5.04. The summed E-state index contributed by atoms with van der Waals surface area (Å²) in [5, 5.41) is 17.1. The normalized spacial score (nSPS) is 10.6. The minimum Gasteiger partial charge on any atom is -0.486 e. The fraction of sp³-hybridized carbons (Fsp3) is 0.400. The van der Waals surface area contributed by atoms with E-state index in [4.69, 9.17) is 15.8 Å². The zero-order valence-corrected chi connectivity index (χ0v) is 13.5. The molecule has 116 valence electrons. The summed E-state index contributed by atoms with van der Waals surface area (Å²) in [6.45, 7) is 4.56.